The van der Waals surface area contributed by atoms with Crippen LogP contribution in [0.15, 0.2) is 77.6 Å². The van der Waals surface area contributed by atoms with Crippen molar-refractivity contribution in [1.29, 1.82) is 0 Å². The molecular weight excluding hydrogens is 562 g/mol. The van der Waals surface area contributed by atoms with Crippen molar-refractivity contribution in [2.75, 3.05) is 41.0 Å². The maximum atomic E-state index is 13.2. The van der Waals surface area contributed by atoms with Crippen LogP contribution < -0.4 is 10.1 Å². The van der Waals surface area contributed by atoms with Gasteiger partial charge in [0, 0.05) is 29.2 Å². The summed E-state index contributed by atoms with van der Waals surface area (Å²) in [6.45, 7) is 7.32. The molecule has 1 heterocycles. The van der Waals surface area contributed by atoms with Crippen LogP contribution >= 0.6 is 11.6 Å². The molecule has 2 unspecified atom stereocenters. The number of methoxy groups -OCH3 is 1. The lowest BCUT2D eigenvalue weighted by atomic mass is 9.75. The molecule has 2 aromatic carbocycles. The molecule has 0 aliphatic carbocycles. The fourth-order valence-electron chi connectivity index (χ4n) is 4.59. The molecular formula is C31H36ClN3O7. The van der Waals surface area contributed by atoms with Gasteiger partial charge in [-0.05, 0) is 57.3 Å². The largest absolute Gasteiger partial charge is 0.468 e. The van der Waals surface area contributed by atoms with E-state index >= 15 is 0 Å². The minimum atomic E-state index is -0.915. The normalized spacial score (nSPS) is 17.3. The lowest BCUT2D eigenvalue weighted by Crippen LogP contribution is -2.37. The molecule has 2 aromatic rings. The quantitative estimate of drug-likeness (QED) is 0.205. The molecule has 0 radical (unpaired) electrons. The van der Waals surface area contributed by atoms with Crippen LogP contribution in [-0.4, -0.2) is 69.6 Å². The Kier molecular flexibility index (Phi) is 11.8. The molecule has 3 rings (SSSR count). The Labute approximate surface area is 250 Å². The summed E-state index contributed by atoms with van der Waals surface area (Å²) in [7, 11) is 5.21. The second-order valence-electron chi connectivity index (χ2n) is 9.77. The molecule has 0 fully saturated rings. The lowest BCUT2D eigenvalue weighted by Gasteiger charge is -2.32. The highest BCUT2D eigenvalue weighted by Crippen LogP contribution is 2.42. The van der Waals surface area contributed by atoms with E-state index in [-0.39, 0.29) is 37.1 Å². The van der Waals surface area contributed by atoms with Crippen LogP contribution in [0.2, 0.25) is 5.02 Å². The Bertz CT molecular complexity index is 1370. The third-order valence-corrected chi connectivity index (χ3v) is 7.25. The van der Waals surface area contributed by atoms with Gasteiger partial charge < -0.3 is 29.2 Å². The summed E-state index contributed by atoms with van der Waals surface area (Å²) < 4.78 is 21.3. The van der Waals surface area contributed by atoms with Crippen molar-refractivity contribution in [2.45, 2.75) is 25.8 Å². The molecule has 10 nitrogen and oxygen atoms in total. The number of esters is 2. The zero-order chi connectivity index (χ0) is 30.8. The Hall–Kier alpha value is -3.99. The van der Waals surface area contributed by atoms with E-state index in [1.165, 1.54) is 7.11 Å². The molecule has 1 aliphatic rings. The third kappa shape index (κ3) is 8.06. The number of carbonyl (C=O) groups is 3. The minimum absolute atomic E-state index is 0.0891. The van der Waals surface area contributed by atoms with E-state index in [2.05, 4.69) is 28.7 Å². The van der Waals surface area contributed by atoms with Gasteiger partial charge >= 0.3 is 18.0 Å². The van der Waals surface area contributed by atoms with Gasteiger partial charge in [0.2, 0.25) is 0 Å². The topological polar surface area (TPSA) is 116 Å². The lowest BCUT2D eigenvalue weighted by molar-refractivity contribution is -0.143. The first-order valence-corrected chi connectivity index (χ1v) is 13.7. The number of hydrogen-bond acceptors (Lipinski definition) is 9. The molecule has 224 valence electrons. The predicted molar refractivity (Wildman–Crippen MR) is 160 cm³/mol. The monoisotopic (exact) mass is 597 g/mol. The van der Waals surface area contributed by atoms with E-state index in [1.54, 1.807) is 37.3 Å². The van der Waals surface area contributed by atoms with E-state index in [9.17, 15) is 14.4 Å². The number of amides is 1. The molecule has 42 heavy (non-hydrogen) atoms. The third-order valence-electron chi connectivity index (χ3n) is 6.90. The van der Waals surface area contributed by atoms with Gasteiger partial charge in [-0.3, -0.25) is 9.79 Å². The van der Waals surface area contributed by atoms with E-state index in [4.69, 9.17) is 30.5 Å². The van der Waals surface area contributed by atoms with Gasteiger partial charge in [0.15, 0.2) is 0 Å². The van der Waals surface area contributed by atoms with Crippen molar-refractivity contribution in [3.63, 3.8) is 0 Å². The summed E-state index contributed by atoms with van der Waals surface area (Å²) in [5.41, 5.74) is 2.33. The molecule has 1 aliphatic heterocycles. The van der Waals surface area contributed by atoms with Gasteiger partial charge in [-0.1, -0.05) is 48.5 Å². The first-order valence-electron chi connectivity index (χ1n) is 13.3. The van der Waals surface area contributed by atoms with Crippen LogP contribution in [-0.2, 0) is 23.8 Å². The summed E-state index contributed by atoms with van der Waals surface area (Å²) in [6.07, 6.45) is 0.372. The summed E-state index contributed by atoms with van der Waals surface area (Å²) in [5.74, 6) is -2.65. The van der Waals surface area contributed by atoms with Crippen LogP contribution in [0, 0.1) is 5.92 Å². The Morgan fingerprint density at radius 2 is 1.90 bits per heavy atom. The van der Waals surface area contributed by atoms with Gasteiger partial charge in [-0.25, -0.2) is 9.59 Å². The van der Waals surface area contributed by atoms with Gasteiger partial charge in [-0.15, -0.1) is 0 Å². The summed E-state index contributed by atoms with van der Waals surface area (Å²) in [5, 5.41) is 3.00. The molecule has 3 atom stereocenters. The highest BCUT2D eigenvalue weighted by molar-refractivity contribution is 6.31. The molecule has 11 heteroatoms. The van der Waals surface area contributed by atoms with Crippen molar-refractivity contribution in [1.82, 2.24) is 10.2 Å². The number of carbonyl (C=O) groups excluding carboxylic acids is 3. The highest BCUT2D eigenvalue weighted by Gasteiger charge is 2.43. The number of nitrogens with zero attached hydrogens (tertiary/aromatic N) is 2. The number of hydrogen-bond donors (Lipinski definition) is 1. The van der Waals surface area contributed by atoms with E-state index in [1.807, 2.05) is 32.3 Å². The van der Waals surface area contributed by atoms with Crippen molar-refractivity contribution in [3.8, 4) is 5.75 Å². The van der Waals surface area contributed by atoms with Crippen molar-refractivity contribution in [2.24, 2.45) is 10.9 Å². The number of halogens is 1. The van der Waals surface area contributed by atoms with Gasteiger partial charge in [-0.2, -0.15) is 0 Å². The molecule has 0 saturated carbocycles. The van der Waals surface area contributed by atoms with Crippen molar-refractivity contribution >= 4 is 35.3 Å². The number of ether oxygens (including phenoxy) is 4. The van der Waals surface area contributed by atoms with Crippen LogP contribution in [0.25, 0.3) is 0 Å². The number of benzene rings is 2. The van der Waals surface area contributed by atoms with Crippen LogP contribution in [0.3, 0.4) is 0 Å². The fraction of sp³-hybridized carbons (Fsp3) is 0.355. The van der Waals surface area contributed by atoms with E-state index in [0.717, 1.165) is 11.8 Å². The summed E-state index contributed by atoms with van der Waals surface area (Å²) in [6, 6.07) is 14.4. The number of aliphatic imine (C=N–C) groups is 1. The maximum absolute atomic E-state index is 13.2. The first kappa shape index (κ1) is 32.5. The Morgan fingerprint density at radius 3 is 2.57 bits per heavy atom. The minimum Gasteiger partial charge on any atom is -0.468 e. The number of rotatable bonds is 12. The zero-order valence-electron chi connectivity index (χ0n) is 24.4. The SMILES string of the molecule is C=COC(=O)C1=C(COCCNC(=O)Oc2cccc([C@H](C)N(C)C)c2)N=C(C)C(C(=O)OC)C1c1ccccc1Cl. The van der Waals surface area contributed by atoms with Gasteiger partial charge in [0.25, 0.3) is 0 Å². The van der Waals surface area contributed by atoms with Crippen LogP contribution in [0.1, 0.15) is 36.9 Å². The van der Waals surface area contributed by atoms with Crippen molar-refractivity contribution < 1.29 is 33.3 Å². The highest BCUT2D eigenvalue weighted by atomic mass is 35.5. The predicted octanol–water partition coefficient (Wildman–Crippen LogP) is 5.06. The second-order valence-corrected chi connectivity index (χ2v) is 10.2. The second kappa shape index (κ2) is 15.3. The van der Waals surface area contributed by atoms with Crippen LogP contribution in [0.4, 0.5) is 4.79 Å². The average Bonchev–Trinajstić information content (AvgIpc) is 2.96. The van der Waals surface area contributed by atoms with Gasteiger partial charge in [0.1, 0.15) is 11.7 Å². The molecule has 0 saturated heterocycles. The smallest absolute Gasteiger partial charge is 0.412 e. The Morgan fingerprint density at radius 1 is 1.17 bits per heavy atom. The number of nitrogens with one attached hydrogen (secondary N) is 1. The maximum Gasteiger partial charge on any atom is 0.412 e. The summed E-state index contributed by atoms with van der Waals surface area (Å²) >= 11 is 6.51. The molecule has 1 N–H and O–H groups in total. The molecule has 1 amide bonds. The molecule has 0 bridgehead atoms. The first-order chi connectivity index (χ1) is 20.1. The Balaban J connectivity index is 1.73. The van der Waals surface area contributed by atoms with Crippen molar-refractivity contribution in [3.05, 3.63) is 88.8 Å². The standard InChI is InChI=1S/C31H36ClN3O7/c1-7-41-30(37)28-25(34-19(2)26(29(36)39-6)27(28)23-13-8-9-14-24(23)32)18-40-16-15-33-31(38)42-22-12-10-11-21(17-22)20(3)35(4)5/h7-14,17,20,26-27H,1,15-16,18H2,2-6H3,(H,33,38)/t20-,26?,27?/m0/s1. The zero-order valence-corrected chi connectivity index (χ0v) is 25.1. The summed E-state index contributed by atoms with van der Waals surface area (Å²) in [4.78, 5) is 45.0. The average molecular weight is 598 g/mol. The molecule has 0 aromatic heterocycles. The van der Waals surface area contributed by atoms with E-state index in [0.29, 0.717) is 22.0 Å². The van der Waals surface area contributed by atoms with Crippen LogP contribution in [0.5, 0.6) is 5.75 Å². The van der Waals surface area contributed by atoms with E-state index < -0.39 is 29.9 Å². The fourth-order valence-corrected chi connectivity index (χ4v) is 4.85. The van der Waals surface area contributed by atoms with Gasteiger partial charge in [0.05, 0.1) is 37.9 Å². The molecule has 0 spiro atoms.